The first-order chi connectivity index (χ1) is 5.29. The number of carboxylic acid groups (broad SMARTS) is 1. The number of hydrogen-bond acceptors (Lipinski definition) is 2. The number of carboxylic acids is 1. The minimum Gasteiger partial charge on any atom is -0.480 e. The smallest absolute Gasteiger partial charge is 0.480 e. The third kappa shape index (κ3) is 7.02. The average Bonchev–Trinajstić information content (AvgIpc) is 2.03. The molecule has 0 saturated carbocycles. The molecule has 0 aromatic heterocycles. The van der Waals surface area contributed by atoms with Crippen molar-refractivity contribution in [2.45, 2.75) is 12.5 Å². The SMILES string of the molecule is O=C(O)CNC1C=CC=CC1.[CH3-].[Na+]. The Balaban J connectivity index is 0. The normalized spacial score (nSPS) is 18.6. The molecule has 0 aromatic carbocycles. The number of aliphatic carboxylic acids is 1. The van der Waals surface area contributed by atoms with Crippen molar-refractivity contribution >= 4 is 5.97 Å². The zero-order chi connectivity index (χ0) is 8.10. The minimum absolute atomic E-state index is 0. The van der Waals surface area contributed by atoms with Crippen LogP contribution >= 0.6 is 0 Å². The molecule has 1 aliphatic carbocycles. The predicted octanol–water partition coefficient (Wildman–Crippen LogP) is -2.00. The van der Waals surface area contributed by atoms with Gasteiger partial charge in [0.05, 0.1) is 6.54 Å². The first kappa shape index (κ1) is 15.4. The Labute approximate surface area is 101 Å². The van der Waals surface area contributed by atoms with Gasteiger partial charge in [0.1, 0.15) is 0 Å². The van der Waals surface area contributed by atoms with Crippen molar-refractivity contribution in [3.05, 3.63) is 31.7 Å². The molecule has 0 radical (unpaired) electrons. The van der Waals surface area contributed by atoms with Crippen molar-refractivity contribution in [2.24, 2.45) is 0 Å². The summed E-state index contributed by atoms with van der Waals surface area (Å²) in [6.07, 6.45) is 8.73. The second kappa shape index (κ2) is 8.51. The van der Waals surface area contributed by atoms with Gasteiger partial charge in [0, 0.05) is 6.04 Å². The molecular weight excluding hydrogens is 177 g/mol. The molecule has 0 heterocycles. The summed E-state index contributed by atoms with van der Waals surface area (Å²) in [5.41, 5.74) is 0. The Morgan fingerprint density at radius 1 is 1.54 bits per heavy atom. The molecule has 0 fully saturated rings. The standard InChI is InChI=1S/C8H11NO2.CH3.Na/c10-8(11)6-9-7-4-2-1-3-5-7;;/h1-4,7,9H,5-6H2,(H,10,11);1H3;/q;-1;+1. The molecule has 0 aliphatic heterocycles. The third-order valence-corrected chi connectivity index (χ3v) is 1.50. The molecule has 0 bridgehead atoms. The monoisotopic (exact) mass is 191 g/mol. The van der Waals surface area contributed by atoms with Crippen LogP contribution in [0.25, 0.3) is 0 Å². The predicted molar refractivity (Wildman–Crippen MR) is 48.7 cm³/mol. The average molecular weight is 191 g/mol. The Bertz CT molecular complexity index is 202. The van der Waals surface area contributed by atoms with Gasteiger partial charge in [-0.25, -0.2) is 0 Å². The summed E-state index contributed by atoms with van der Waals surface area (Å²) in [4.78, 5) is 10.1. The minimum atomic E-state index is -0.812. The molecule has 3 nitrogen and oxygen atoms in total. The van der Waals surface area contributed by atoms with Crippen LogP contribution in [0.1, 0.15) is 6.42 Å². The molecule has 13 heavy (non-hydrogen) atoms. The van der Waals surface area contributed by atoms with Crippen LogP contribution in [0, 0.1) is 7.43 Å². The molecule has 0 amide bonds. The van der Waals surface area contributed by atoms with Crippen LogP contribution in [-0.4, -0.2) is 23.7 Å². The van der Waals surface area contributed by atoms with Gasteiger partial charge in [-0.2, -0.15) is 0 Å². The molecule has 0 spiro atoms. The molecule has 2 N–H and O–H groups in total. The quantitative estimate of drug-likeness (QED) is 0.401. The summed E-state index contributed by atoms with van der Waals surface area (Å²) in [7, 11) is 0. The van der Waals surface area contributed by atoms with E-state index in [1.807, 2.05) is 24.3 Å². The van der Waals surface area contributed by atoms with E-state index in [0.29, 0.717) is 0 Å². The van der Waals surface area contributed by atoms with Gasteiger partial charge in [-0.15, -0.1) is 0 Å². The molecule has 68 valence electrons. The Morgan fingerprint density at radius 3 is 2.69 bits per heavy atom. The molecule has 1 rings (SSSR count). The zero-order valence-corrected chi connectivity index (χ0v) is 10.2. The van der Waals surface area contributed by atoms with E-state index in [-0.39, 0.29) is 49.6 Å². The topological polar surface area (TPSA) is 49.3 Å². The fourth-order valence-corrected chi connectivity index (χ4v) is 0.950. The van der Waals surface area contributed by atoms with E-state index in [9.17, 15) is 4.79 Å². The van der Waals surface area contributed by atoms with Crippen LogP contribution in [0.15, 0.2) is 24.3 Å². The van der Waals surface area contributed by atoms with Gasteiger partial charge in [0.2, 0.25) is 0 Å². The number of allylic oxidation sites excluding steroid dienone is 2. The van der Waals surface area contributed by atoms with Gasteiger partial charge >= 0.3 is 35.5 Å². The number of hydrogen-bond donors (Lipinski definition) is 2. The van der Waals surface area contributed by atoms with Crippen LogP contribution in [0.4, 0.5) is 0 Å². The third-order valence-electron chi connectivity index (χ3n) is 1.50. The second-order valence-corrected chi connectivity index (χ2v) is 2.43. The summed E-state index contributed by atoms with van der Waals surface area (Å²) in [6, 6.07) is 0.191. The maximum atomic E-state index is 10.1. The maximum absolute atomic E-state index is 10.1. The molecule has 1 unspecified atom stereocenters. The van der Waals surface area contributed by atoms with Crippen LogP contribution in [0.2, 0.25) is 0 Å². The van der Waals surface area contributed by atoms with E-state index in [2.05, 4.69) is 5.32 Å². The van der Waals surface area contributed by atoms with Crippen molar-refractivity contribution in [3.8, 4) is 0 Å². The molecule has 0 saturated heterocycles. The van der Waals surface area contributed by atoms with E-state index in [1.165, 1.54) is 0 Å². The number of nitrogens with one attached hydrogen (secondary N) is 1. The van der Waals surface area contributed by atoms with Crippen LogP contribution < -0.4 is 34.9 Å². The molecule has 0 aromatic rings. The molecule has 1 atom stereocenters. The van der Waals surface area contributed by atoms with Crippen molar-refractivity contribution in [1.82, 2.24) is 5.32 Å². The van der Waals surface area contributed by atoms with Gasteiger partial charge in [-0.1, -0.05) is 24.3 Å². The van der Waals surface area contributed by atoms with Crippen LogP contribution in [0.5, 0.6) is 0 Å². The van der Waals surface area contributed by atoms with E-state index >= 15 is 0 Å². The summed E-state index contributed by atoms with van der Waals surface area (Å²) in [5.74, 6) is -0.812. The Hall–Kier alpha value is -0.0900. The largest absolute Gasteiger partial charge is 1.00 e. The van der Waals surface area contributed by atoms with Gasteiger partial charge in [0.25, 0.3) is 0 Å². The van der Waals surface area contributed by atoms with E-state index < -0.39 is 5.97 Å². The second-order valence-electron chi connectivity index (χ2n) is 2.43. The summed E-state index contributed by atoms with van der Waals surface area (Å²) in [5, 5.41) is 11.2. The van der Waals surface area contributed by atoms with Gasteiger partial charge in [0.15, 0.2) is 0 Å². The van der Waals surface area contributed by atoms with Gasteiger partial charge in [-0.05, 0) is 6.42 Å². The van der Waals surface area contributed by atoms with E-state index in [4.69, 9.17) is 5.11 Å². The summed E-state index contributed by atoms with van der Waals surface area (Å²) >= 11 is 0. The van der Waals surface area contributed by atoms with Gasteiger partial charge in [-0.3, -0.25) is 4.79 Å². The Morgan fingerprint density at radius 2 is 2.23 bits per heavy atom. The van der Waals surface area contributed by atoms with Crippen LogP contribution in [-0.2, 0) is 4.79 Å². The fraction of sp³-hybridized carbons (Fsp3) is 0.333. The fourth-order valence-electron chi connectivity index (χ4n) is 0.950. The molecular formula is C9H14NNaO2. The van der Waals surface area contributed by atoms with Crippen molar-refractivity contribution in [2.75, 3.05) is 6.54 Å². The van der Waals surface area contributed by atoms with E-state index in [1.54, 1.807) is 0 Å². The van der Waals surface area contributed by atoms with Crippen molar-refractivity contribution < 1.29 is 39.5 Å². The van der Waals surface area contributed by atoms with E-state index in [0.717, 1.165) is 6.42 Å². The van der Waals surface area contributed by atoms with Crippen LogP contribution in [0.3, 0.4) is 0 Å². The van der Waals surface area contributed by atoms with Crippen molar-refractivity contribution in [3.63, 3.8) is 0 Å². The summed E-state index contributed by atoms with van der Waals surface area (Å²) < 4.78 is 0. The molecule has 1 aliphatic rings. The first-order valence-electron chi connectivity index (χ1n) is 3.57. The van der Waals surface area contributed by atoms with Gasteiger partial charge < -0.3 is 17.8 Å². The maximum Gasteiger partial charge on any atom is 1.00 e. The zero-order valence-electron chi connectivity index (χ0n) is 8.16. The Kier molecular flexibility index (Phi) is 10.1. The number of carbonyl (C=O) groups is 1. The first-order valence-corrected chi connectivity index (χ1v) is 3.57. The summed E-state index contributed by atoms with van der Waals surface area (Å²) in [6.45, 7) is 0.0306. The van der Waals surface area contributed by atoms with Crippen molar-refractivity contribution in [1.29, 1.82) is 0 Å². The number of rotatable bonds is 3. The molecule has 4 heteroatoms.